The fraction of sp³-hybridized carbons (Fsp3) is 0.615. The second kappa shape index (κ2) is 6.36. The normalized spacial score (nSPS) is 11.2. The highest BCUT2D eigenvalue weighted by Crippen LogP contribution is 2.09. The van der Waals surface area contributed by atoms with E-state index in [1.165, 1.54) is 0 Å². The third-order valence-electron chi connectivity index (χ3n) is 2.08. The number of amides is 1. The van der Waals surface area contributed by atoms with E-state index >= 15 is 0 Å². The molecule has 0 saturated carbocycles. The van der Waals surface area contributed by atoms with Gasteiger partial charge in [0, 0.05) is 6.42 Å². The van der Waals surface area contributed by atoms with Crippen molar-refractivity contribution in [2.24, 2.45) is 0 Å². The van der Waals surface area contributed by atoms with Crippen molar-refractivity contribution in [3.05, 3.63) is 17.8 Å². The Hall–Kier alpha value is -1.85. The zero-order valence-electron chi connectivity index (χ0n) is 11.8. The zero-order chi connectivity index (χ0) is 14.5. The molecule has 106 valence electrons. The van der Waals surface area contributed by atoms with Crippen LogP contribution in [0.15, 0.2) is 10.6 Å². The fourth-order valence-electron chi connectivity index (χ4n) is 1.35. The van der Waals surface area contributed by atoms with Gasteiger partial charge < -0.3 is 14.5 Å². The highest BCUT2D eigenvalue weighted by Gasteiger charge is 2.17. The van der Waals surface area contributed by atoms with Gasteiger partial charge in [0.15, 0.2) is 0 Å². The monoisotopic (exact) mass is 268 g/mol. The third kappa shape index (κ3) is 6.59. The van der Waals surface area contributed by atoms with Crippen molar-refractivity contribution >= 4 is 11.9 Å². The molecule has 0 fully saturated rings. The summed E-state index contributed by atoms with van der Waals surface area (Å²) in [4.78, 5) is 26.9. The summed E-state index contributed by atoms with van der Waals surface area (Å²) in [6, 6.07) is 0. The van der Waals surface area contributed by atoms with Crippen LogP contribution in [0.4, 0.5) is 0 Å². The van der Waals surface area contributed by atoms with Crippen molar-refractivity contribution in [1.29, 1.82) is 0 Å². The van der Waals surface area contributed by atoms with Gasteiger partial charge in [0.05, 0.1) is 19.2 Å². The van der Waals surface area contributed by atoms with E-state index in [2.05, 4.69) is 10.3 Å². The maximum absolute atomic E-state index is 11.5. The SMILES string of the molecule is Cc1cnc(CNC(=O)CCC(=O)OC(C)(C)C)o1. The number of carbonyl (C=O) groups is 2. The van der Waals surface area contributed by atoms with Gasteiger partial charge >= 0.3 is 5.97 Å². The van der Waals surface area contributed by atoms with Gasteiger partial charge in [-0.2, -0.15) is 0 Å². The van der Waals surface area contributed by atoms with E-state index in [1.54, 1.807) is 33.9 Å². The van der Waals surface area contributed by atoms with Crippen LogP contribution in [0, 0.1) is 6.92 Å². The van der Waals surface area contributed by atoms with E-state index in [1.807, 2.05) is 0 Å². The van der Waals surface area contributed by atoms with Crippen LogP contribution in [0.2, 0.25) is 0 Å². The van der Waals surface area contributed by atoms with Crippen LogP contribution in [0.1, 0.15) is 45.3 Å². The Morgan fingerprint density at radius 1 is 1.37 bits per heavy atom. The summed E-state index contributed by atoms with van der Waals surface area (Å²) in [6.07, 6.45) is 1.74. The number of oxazole rings is 1. The Labute approximate surface area is 112 Å². The van der Waals surface area contributed by atoms with Crippen LogP contribution in [-0.2, 0) is 20.9 Å². The largest absolute Gasteiger partial charge is 0.460 e. The number of ether oxygens (including phenoxy) is 1. The van der Waals surface area contributed by atoms with Crippen molar-refractivity contribution in [2.75, 3.05) is 0 Å². The average molecular weight is 268 g/mol. The molecular weight excluding hydrogens is 248 g/mol. The lowest BCUT2D eigenvalue weighted by atomic mass is 10.2. The maximum atomic E-state index is 11.5. The minimum absolute atomic E-state index is 0.0632. The van der Waals surface area contributed by atoms with Gasteiger partial charge in [-0.05, 0) is 27.7 Å². The summed E-state index contributed by atoms with van der Waals surface area (Å²) >= 11 is 0. The maximum Gasteiger partial charge on any atom is 0.306 e. The summed E-state index contributed by atoms with van der Waals surface area (Å²) in [7, 11) is 0. The highest BCUT2D eigenvalue weighted by molar-refractivity contribution is 5.81. The van der Waals surface area contributed by atoms with Gasteiger partial charge in [-0.1, -0.05) is 0 Å². The molecule has 1 N–H and O–H groups in total. The highest BCUT2D eigenvalue weighted by atomic mass is 16.6. The fourth-order valence-corrected chi connectivity index (χ4v) is 1.35. The van der Waals surface area contributed by atoms with Gasteiger partial charge in [-0.15, -0.1) is 0 Å². The molecule has 0 aliphatic rings. The van der Waals surface area contributed by atoms with Crippen molar-refractivity contribution < 1.29 is 18.7 Å². The molecule has 0 spiro atoms. The molecule has 0 unspecified atom stereocenters. The minimum Gasteiger partial charge on any atom is -0.460 e. The summed E-state index contributed by atoms with van der Waals surface area (Å²) < 4.78 is 10.3. The predicted molar refractivity (Wildman–Crippen MR) is 68.2 cm³/mol. The summed E-state index contributed by atoms with van der Waals surface area (Å²) in [5.74, 6) is 0.525. The molecule has 6 nitrogen and oxygen atoms in total. The smallest absolute Gasteiger partial charge is 0.306 e. The molecule has 0 aromatic carbocycles. The Balaban J connectivity index is 2.23. The first-order valence-electron chi connectivity index (χ1n) is 6.16. The molecule has 1 aromatic rings. The summed E-state index contributed by atoms with van der Waals surface area (Å²) in [6.45, 7) is 7.36. The van der Waals surface area contributed by atoms with Crippen molar-refractivity contribution in [3.63, 3.8) is 0 Å². The number of esters is 1. The van der Waals surface area contributed by atoms with Gasteiger partial charge in [0.25, 0.3) is 0 Å². The number of nitrogens with one attached hydrogen (secondary N) is 1. The predicted octanol–water partition coefficient (Wildman–Crippen LogP) is 1.72. The van der Waals surface area contributed by atoms with E-state index in [0.29, 0.717) is 11.7 Å². The zero-order valence-corrected chi connectivity index (χ0v) is 11.8. The van der Waals surface area contributed by atoms with Crippen molar-refractivity contribution in [2.45, 2.75) is 52.7 Å². The van der Waals surface area contributed by atoms with Gasteiger partial charge in [-0.25, -0.2) is 4.98 Å². The first-order chi connectivity index (χ1) is 8.76. The standard InChI is InChI=1S/C13H20N2O4/c1-9-7-15-11(18-9)8-14-10(16)5-6-12(17)19-13(2,3)4/h7H,5-6,8H2,1-4H3,(H,14,16). The van der Waals surface area contributed by atoms with Crippen molar-refractivity contribution in [1.82, 2.24) is 10.3 Å². The molecule has 1 heterocycles. The van der Waals surface area contributed by atoms with Crippen LogP contribution in [-0.4, -0.2) is 22.5 Å². The van der Waals surface area contributed by atoms with Crippen LogP contribution in [0.5, 0.6) is 0 Å². The molecule has 1 amide bonds. The lowest BCUT2D eigenvalue weighted by Gasteiger charge is -2.19. The van der Waals surface area contributed by atoms with E-state index in [0.717, 1.165) is 0 Å². The van der Waals surface area contributed by atoms with Crippen LogP contribution < -0.4 is 5.32 Å². The molecule has 0 aliphatic heterocycles. The molecular formula is C13H20N2O4. The molecule has 0 saturated heterocycles. The number of aryl methyl sites for hydroxylation is 1. The first kappa shape index (κ1) is 15.2. The Morgan fingerprint density at radius 3 is 2.58 bits per heavy atom. The van der Waals surface area contributed by atoms with Gasteiger partial charge in [0.2, 0.25) is 11.8 Å². The van der Waals surface area contributed by atoms with Crippen LogP contribution >= 0.6 is 0 Å². The topological polar surface area (TPSA) is 81.4 Å². The molecule has 1 aromatic heterocycles. The number of carbonyl (C=O) groups excluding carboxylic acids is 2. The lowest BCUT2D eigenvalue weighted by Crippen LogP contribution is -2.27. The number of hydrogen-bond donors (Lipinski definition) is 1. The minimum atomic E-state index is -0.525. The molecule has 0 bridgehead atoms. The Morgan fingerprint density at radius 2 is 2.05 bits per heavy atom. The van der Waals surface area contributed by atoms with E-state index in [4.69, 9.17) is 9.15 Å². The Kier molecular flexibility index (Phi) is 5.09. The summed E-state index contributed by atoms with van der Waals surface area (Å²) in [5.41, 5.74) is -0.525. The quantitative estimate of drug-likeness (QED) is 0.822. The number of rotatable bonds is 5. The molecule has 19 heavy (non-hydrogen) atoms. The number of hydrogen-bond acceptors (Lipinski definition) is 5. The Bertz CT molecular complexity index is 446. The molecule has 0 aliphatic carbocycles. The number of aromatic nitrogens is 1. The molecule has 0 atom stereocenters. The van der Waals surface area contributed by atoms with E-state index < -0.39 is 5.60 Å². The second-order valence-electron chi connectivity index (χ2n) is 5.23. The van der Waals surface area contributed by atoms with Crippen molar-refractivity contribution in [3.8, 4) is 0 Å². The molecule has 6 heteroatoms. The molecule has 0 radical (unpaired) electrons. The summed E-state index contributed by atoms with van der Waals surface area (Å²) in [5, 5.41) is 2.63. The lowest BCUT2D eigenvalue weighted by molar-refractivity contribution is -0.155. The number of nitrogens with zero attached hydrogens (tertiary/aromatic N) is 1. The van der Waals surface area contributed by atoms with Crippen LogP contribution in [0.25, 0.3) is 0 Å². The van der Waals surface area contributed by atoms with E-state index in [-0.39, 0.29) is 31.3 Å². The van der Waals surface area contributed by atoms with Gasteiger partial charge in [-0.3, -0.25) is 9.59 Å². The van der Waals surface area contributed by atoms with Crippen LogP contribution in [0.3, 0.4) is 0 Å². The van der Waals surface area contributed by atoms with Gasteiger partial charge in [0.1, 0.15) is 11.4 Å². The van der Waals surface area contributed by atoms with E-state index in [9.17, 15) is 9.59 Å². The first-order valence-corrected chi connectivity index (χ1v) is 6.16. The second-order valence-corrected chi connectivity index (χ2v) is 5.23. The third-order valence-corrected chi connectivity index (χ3v) is 2.08. The molecule has 1 rings (SSSR count). The average Bonchev–Trinajstić information content (AvgIpc) is 2.67.